The van der Waals surface area contributed by atoms with Crippen LogP contribution in [-0.4, -0.2) is 35.8 Å². The minimum Gasteiger partial charge on any atom is -0.496 e. The summed E-state index contributed by atoms with van der Waals surface area (Å²) in [7, 11) is 1.57. The number of ether oxygens (including phenoxy) is 1. The van der Waals surface area contributed by atoms with Gasteiger partial charge in [0.05, 0.1) is 12.7 Å². The van der Waals surface area contributed by atoms with Crippen LogP contribution in [0.15, 0.2) is 18.2 Å². The highest BCUT2D eigenvalue weighted by molar-refractivity contribution is 9.09. The second-order valence-corrected chi connectivity index (χ2v) is 7.03. The molecule has 1 atom stereocenters. The van der Waals surface area contributed by atoms with E-state index in [0.717, 1.165) is 25.9 Å². The third-order valence-electron chi connectivity index (χ3n) is 3.87. The molecule has 0 radical (unpaired) electrons. The molecule has 1 heterocycles. The zero-order valence-electron chi connectivity index (χ0n) is 11.7. The number of benzene rings is 1. The van der Waals surface area contributed by atoms with Crippen molar-refractivity contribution < 1.29 is 9.53 Å². The van der Waals surface area contributed by atoms with Crippen LogP contribution >= 0.6 is 27.5 Å². The van der Waals surface area contributed by atoms with Gasteiger partial charge in [0.15, 0.2) is 0 Å². The van der Waals surface area contributed by atoms with Gasteiger partial charge in [-0.1, -0.05) is 34.5 Å². The molecule has 0 aliphatic carbocycles. The highest BCUT2D eigenvalue weighted by Gasteiger charge is 2.27. The minimum absolute atomic E-state index is 0.00465. The van der Waals surface area contributed by atoms with E-state index in [1.807, 2.05) is 4.90 Å². The zero-order chi connectivity index (χ0) is 14.7. The minimum atomic E-state index is 0.00465. The van der Waals surface area contributed by atoms with Gasteiger partial charge in [-0.15, -0.1) is 0 Å². The molecule has 5 heteroatoms. The molecule has 3 nitrogen and oxygen atoms in total. The summed E-state index contributed by atoms with van der Waals surface area (Å²) < 4.78 is 5.26. The van der Waals surface area contributed by atoms with Crippen molar-refractivity contribution in [1.82, 2.24) is 4.90 Å². The molecular formula is C15H19BrClNO2. The summed E-state index contributed by atoms with van der Waals surface area (Å²) in [6.45, 7) is 3.74. The van der Waals surface area contributed by atoms with E-state index in [1.54, 1.807) is 25.3 Å². The number of rotatable bonds is 3. The van der Waals surface area contributed by atoms with Gasteiger partial charge in [-0.3, -0.25) is 4.79 Å². The number of carbonyl (C=O) groups is 1. The quantitative estimate of drug-likeness (QED) is 0.763. The van der Waals surface area contributed by atoms with Crippen molar-refractivity contribution in [1.29, 1.82) is 0 Å². The van der Waals surface area contributed by atoms with Gasteiger partial charge in [0.1, 0.15) is 5.75 Å². The molecule has 0 bridgehead atoms. The first kappa shape index (κ1) is 15.6. The lowest BCUT2D eigenvalue weighted by atomic mass is 9.94. The molecular weight excluding hydrogens is 342 g/mol. The highest BCUT2D eigenvalue weighted by atomic mass is 79.9. The summed E-state index contributed by atoms with van der Waals surface area (Å²) in [6.07, 6.45) is 2.06. The Morgan fingerprint density at radius 2 is 2.10 bits per heavy atom. The number of methoxy groups -OCH3 is 1. The molecule has 1 fully saturated rings. The van der Waals surface area contributed by atoms with E-state index in [1.165, 1.54) is 0 Å². The molecule has 0 aromatic heterocycles. The number of likely N-dealkylation sites (tertiary alicyclic amines) is 1. The average Bonchev–Trinajstić information content (AvgIpc) is 2.46. The topological polar surface area (TPSA) is 29.5 Å². The maximum atomic E-state index is 12.6. The fourth-order valence-corrected chi connectivity index (χ4v) is 3.28. The predicted molar refractivity (Wildman–Crippen MR) is 85.0 cm³/mol. The number of hydrogen-bond acceptors (Lipinski definition) is 2. The van der Waals surface area contributed by atoms with Gasteiger partial charge in [-0.25, -0.2) is 0 Å². The Kier molecular flexibility index (Phi) is 5.33. The Morgan fingerprint density at radius 3 is 2.65 bits per heavy atom. The van der Waals surface area contributed by atoms with Crippen LogP contribution in [0, 0.1) is 5.92 Å². The van der Waals surface area contributed by atoms with Crippen LogP contribution in [0.2, 0.25) is 5.02 Å². The van der Waals surface area contributed by atoms with Crippen molar-refractivity contribution in [3.8, 4) is 5.75 Å². The van der Waals surface area contributed by atoms with Crippen molar-refractivity contribution in [2.45, 2.75) is 24.6 Å². The second-order valence-electron chi connectivity index (χ2n) is 5.15. The molecule has 110 valence electrons. The van der Waals surface area contributed by atoms with E-state index in [9.17, 15) is 4.79 Å². The zero-order valence-corrected chi connectivity index (χ0v) is 14.1. The Balaban J connectivity index is 2.11. The number of hydrogen-bond donors (Lipinski definition) is 0. The lowest BCUT2D eigenvalue weighted by Crippen LogP contribution is -2.40. The van der Waals surface area contributed by atoms with E-state index in [-0.39, 0.29) is 5.91 Å². The largest absolute Gasteiger partial charge is 0.496 e. The van der Waals surface area contributed by atoms with E-state index in [4.69, 9.17) is 16.3 Å². The van der Waals surface area contributed by atoms with Gasteiger partial charge >= 0.3 is 0 Å². The summed E-state index contributed by atoms with van der Waals surface area (Å²) in [5, 5.41) is 0.554. The summed E-state index contributed by atoms with van der Waals surface area (Å²) in [5.41, 5.74) is 0.547. The Bertz CT molecular complexity index is 485. The van der Waals surface area contributed by atoms with Crippen LogP contribution in [0.4, 0.5) is 0 Å². The second kappa shape index (κ2) is 6.81. The maximum absolute atomic E-state index is 12.6. The van der Waals surface area contributed by atoms with Crippen LogP contribution in [0.25, 0.3) is 0 Å². The Morgan fingerprint density at radius 1 is 1.45 bits per heavy atom. The number of amides is 1. The normalized spacial score (nSPS) is 17.9. The van der Waals surface area contributed by atoms with Crippen molar-refractivity contribution in [2.75, 3.05) is 20.2 Å². The monoisotopic (exact) mass is 359 g/mol. The van der Waals surface area contributed by atoms with Gasteiger partial charge in [0.2, 0.25) is 0 Å². The average molecular weight is 361 g/mol. The Labute approximate surface area is 133 Å². The van der Waals surface area contributed by atoms with E-state index < -0.39 is 0 Å². The highest BCUT2D eigenvalue weighted by Crippen LogP contribution is 2.28. The first-order valence-electron chi connectivity index (χ1n) is 6.79. The van der Waals surface area contributed by atoms with E-state index >= 15 is 0 Å². The van der Waals surface area contributed by atoms with Crippen molar-refractivity contribution >= 4 is 33.4 Å². The third-order valence-corrected chi connectivity index (χ3v) is 4.85. The van der Waals surface area contributed by atoms with Crippen molar-refractivity contribution in [3.05, 3.63) is 28.8 Å². The van der Waals surface area contributed by atoms with E-state index in [2.05, 4.69) is 22.9 Å². The first-order chi connectivity index (χ1) is 9.52. The number of nitrogens with zero attached hydrogens (tertiary/aromatic N) is 1. The fourth-order valence-electron chi connectivity index (χ4n) is 2.58. The lowest BCUT2D eigenvalue weighted by molar-refractivity contribution is 0.0688. The number of halogens is 2. The van der Waals surface area contributed by atoms with Crippen LogP contribution in [0.3, 0.4) is 0 Å². The molecule has 0 N–H and O–H groups in total. The predicted octanol–water partition coefficient (Wildman–Crippen LogP) is 3.98. The molecule has 1 unspecified atom stereocenters. The SMILES string of the molecule is COc1ccc(Cl)cc1C(=O)N1CCC(C(C)Br)CC1. The molecule has 2 rings (SSSR count). The smallest absolute Gasteiger partial charge is 0.257 e. The molecule has 1 aromatic rings. The van der Waals surface area contributed by atoms with Gasteiger partial charge in [-0.2, -0.15) is 0 Å². The lowest BCUT2D eigenvalue weighted by Gasteiger charge is -2.33. The third kappa shape index (κ3) is 3.47. The van der Waals surface area contributed by atoms with Gasteiger partial charge < -0.3 is 9.64 Å². The number of alkyl halides is 1. The molecule has 1 aliphatic rings. The fraction of sp³-hybridized carbons (Fsp3) is 0.533. The molecule has 20 heavy (non-hydrogen) atoms. The van der Waals surface area contributed by atoms with Gasteiger partial charge in [0.25, 0.3) is 5.91 Å². The standard InChI is InChI=1S/C15H19BrClNO2/c1-10(16)11-5-7-18(8-6-11)15(19)13-9-12(17)3-4-14(13)20-2/h3-4,9-11H,5-8H2,1-2H3. The molecule has 1 aliphatic heterocycles. The van der Waals surface area contributed by atoms with Crippen LogP contribution < -0.4 is 4.74 Å². The maximum Gasteiger partial charge on any atom is 0.257 e. The molecule has 0 spiro atoms. The van der Waals surface area contributed by atoms with E-state index in [0.29, 0.717) is 27.1 Å². The summed E-state index contributed by atoms with van der Waals surface area (Å²) >= 11 is 9.62. The van der Waals surface area contributed by atoms with Gasteiger partial charge in [-0.05, 0) is 37.0 Å². The van der Waals surface area contributed by atoms with Crippen LogP contribution in [0.1, 0.15) is 30.1 Å². The van der Waals surface area contributed by atoms with Gasteiger partial charge in [0, 0.05) is 22.9 Å². The summed E-state index contributed by atoms with van der Waals surface area (Å²) in [6, 6.07) is 5.15. The number of piperidine rings is 1. The van der Waals surface area contributed by atoms with Crippen molar-refractivity contribution in [2.24, 2.45) is 5.92 Å². The molecule has 1 aromatic carbocycles. The van der Waals surface area contributed by atoms with Crippen LogP contribution in [-0.2, 0) is 0 Å². The van der Waals surface area contributed by atoms with Crippen molar-refractivity contribution in [3.63, 3.8) is 0 Å². The first-order valence-corrected chi connectivity index (χ1v) is 8.09. The molecule has 0 saturated carbocycles. The Hall–Kier alpha value is -0.740. The number of carbonyl (C=O) groups excluding carboxylic acids is 1. The summed E-state index contributed by atoms with van der Waals surface area (Å²) in [4.78, 5) is 15.0. The summed E-state index contributed by atoms with van der Waals surface area (Å²) in [5.74, 6) is 1.22. The van der Waals surface area contributed by atoms with Crippen LogP contribution in [0.5, 0.6) is 5.75 Å². The molecule has 1 amide bonds. The molecule has 1 saturated heterocycles.